The average Bonchev–Trinajstić information content (AvgIpc) is 3.06. The van der Waals surface area contributed by atoms with Crippen molar-refractivity contribution >= 4 is 24.1 Å². The Balaban J connectivity index is 1.89. The fraction of sp³-hybridized carbons (Fsp3) is 0.286. The monoisotopic (exact) mass is 395 g/mol. The zero-order valence-electron chi connectivity index (χ0n) is 16.4. The largest absolute Gasteiger partial charge is 0.395 e. The summed E-state index contributed by atoms with van der Waals surface area (Å²) in [7, 11) is 0. The molecular weight excluding hydrogens is 370 g/mol. The first-order chi connectivity index (χ1) is 13.5. The first-order valence-corrected chi connectivity index (χ1v) is 9.69. The molecule has 0 aliphatic heterocycles. The predicted octanol–water partition coefficient (Wildman–Crippen LogP) is 3.93. The molecule has 0 aliphatic carbocycles. The summed E-state index contributed by atoms with van der Waals surface area (Å²) in [6, 6.07) is 14.3. The zero-order valence-corrected chi connectivity index (χ0v) is 17.2. The fourth-order valence-corrected chi connectivity index (χ4v) is 3.18. The van der Waals surface area contributed by atoms with Crippen LogP contribution in [-0.4, -0.2) is 45.9 Å². The molecule has 0 fully saturated rings. The smallest absolute Gasteiger partial charge is 0.216 e. The van der Waals surface area contributed by atoms with Gasteiger partial charge in [-0.15, -0.1) is 0 Å². The van der Waals surface area contributed by atoms with Crippen molar-refractivity contribution in [2.45, 2.75) is 20.8 Å². The van der Waals surface area contributed by atoms with Gasteiger partial charge in [-0.2, -0.15) is 14.9 Å². The average molecular weight is 396 g/mol. The summed E-state index contributed by atoms with van der Waals surface area (Å²) in [4.78, 5) is 2.13. The van der Waals surface area contributed by atoms with Crippen LogP contribution in [0.25, 0.3) is 11.4 Å². The van der Waals surface area contributed by atoms with Gasteiger partial charge in [-0.05, 0) is 56.2 Å². The highest BCUT2D eigenvalue weighted by Crippen LogP contribution is 2.20. The number of hydrogen-bond donors (Lipinski definition) is 2. The van der Waals surface area contributed by atoms with Gasteiger partial charge < -0.3 is 10.0 Å². The third kappa shape index (κ3) is 4.37. The van der Waals surface area contributed by atoms with Crippen LogP contribution in [0.1, 0.15) is 23.6 Å². The van der Waals surface area contributed by atoms with Gasteiger partial charge in [-0.3, -0.25) is 0 Å². The second kappa shape index (κ2) is 8.95. The van der Waals surface area contributed by atoms with Crippen LogP contribution in [0.5, 0.6) is 0 Å². The lowest BCUT2D eigenvalue weighted by Gasteiger charge is -2.22. The number of rotatable bonds is 7. The molecule has 3 rings (SSSR count). The number of nitrogens with one attached hydrogen (secondary N) is 1. The van der Waals surface area contributed by atoms with Crippen LogP contribution < -0.4 is 4.90 Å². The Bertz CT molecular complexity index is 1020. The summed E-state index contributed by atoms with van der Waals surface area (Å²) >= 11 is 5.35. The van der Waals surface area contributed by atoms with Crippen molar-refractivity contribution in [3.8, 4) is 11.4 Å². The molecule has 0 saturated heterocycles. The van der Waals surface area contributed by atoms with Crippen LogP contribution in [0.15, 0.2) is 47.6 Å². The Hall–Kier alpha value is -2.77. The third-order valence-electron chi connectivity index (χ3n) is 4.64. The fourth-order valence-electron chi connectivity index (χ4n) is 3.00. The maximum atomic E-state index is 9.22. The topological polar surface area (TPSA) is 69.4 Å². The molecule has 0 radical (unpaired) electrons. The molecular formula is C21H25N5OS. The van der Waals surface area contributed by atoms with E-state index in [1.807, 2.05) is 50.2 Å². The maximum Gasteiger partial charge on any atom is 0.216 e. The van der Waals surface area contributed by atoms with Crippen LogP contribution in [0, 0.1) is 18.6 Å². The summed E-state index contributed by atoms with van der Waals surface area (Å²) < 4.78 is 2.08. The van der Waals surface area contributed by atoms with Gasteiger partial charge in [-0.25, -0.2) is 5.10 Å². The third-order valence-corrected chi connectivity index (χ3v) is 4.91. The molecule has 2 N–H and O–H groups in total. The lowest BCUT2D eigenvalue weighted by atomic mass is 10.1. The molecule has 146 valence electrons. The molecule has 0 bridgehead atoms. The summed E-state index contributed by atoms with van der Waals surface area (Å²) in [5.74, 6) is 0.677. The lowest BCUT2D eigenvalue weighted by Crippen LogP contribution is -2.26. The number of aliphatic hydroxyl groups is 1. The highest BCUT2D eigenvalue weighted by atomic mass is 32.1. The van der Waals surface area contributed by atoms with Gasteiger partial charge in [0.2, 0.25) is 4.77 Å². The molecule has 6 nitrogen and oxygen atoms in total. The first kappa shape index (κ1) is 20.0. The minimum Gasteiger partial charge on any atom is -0.395 e. The van der Waals surface area contributed by atoms with Gasteiger partial charge in [0.1, 0.15) is 0 Å². The number of nitrogens with zero attached hydrogens (tertiary/aromatic N) is 4. The second-order valence-corrected chi connectivity index (χ2v) is 7.01. The van der Waals surface area contributed by atoms with E-state index in [1.165, 1.54) is 5.56 Å². The molecule has 1 aromatic heterocycles. The molecule has 0 aliphatic rings. The van der Waals surface area contributed by atoms with Crippen molar-refractivity contribution in [2.75, 3.05) is 24.6 Å². The molecule has 7 heteroatoms. The molecule has 28 heavy (non-hydrogen) atoms. The van der Waals surface area contributed by atoms with Crippen molar-refractivity contribution in [1.82, 2.24) is 14.9 Å². The number of anilines is 1. The van der Waals surface area contributed by atoms with Crippen LogP contribution >= 0.6 is 12.2 Å². The number of hydrogen-bond acceptors (Lipinski definition) is 5. The van der Waals surface area contributed by atoms with E-state index in [0.717, 1.165) is 28.9 Å². The van der Waals surface area contributed by atoms with Gasteiger partial charge in [0.05, 0.1) is 12.8 Å². The van der Waals surface area contributed by atoms with Gasteiger partial charge in [0.25, 0.3) is 0 Å². The van der Waals surface area contributed by atoms with Crippen LogP contribution in [0.2, 0.25) is 0 Å². The van der Waals surface area contributed by atoms with E-state index >= 15 is 0 Å². The van der Waals surface area contributed by atoms with E-state index in [2.05, 4.69) is 33.2 Å². The molecule has 3 aromatic rings. The Morgan fingerprint density at radius 1 is 1.21 bits per heavy atom. The molecule has 2 aromatic carbocycles. The van der Waals surface area contributed by atoms with Gasteiger partial charge in [0.15, 0.2) is 5.82 Å². The van der Waals surface area contributed by atoms with Crippen molar-refractivity contribution in [2.24, 2.45) is 5.10 Å². The normalized spacial score (nSPS) is 11.3. The number of likely N-dealkylation sites (N-methyl/N-ethyl adjacent to an activating group) is 1. The minimum absolute atomic E-state index is 0.136. The van der Waals surface area contributed by atoms with Gasteiger partial charge in [0, 0.05) is 24.3 Å². The summed E-state index contributed by atoms with van der Waals surface area (Å²) in [5, 5.41) is 20.9. The molecule has 0 unspecified atom stereocenters. The number of aryl methyl sites for hydroxylation is 2. The van der Waals surface area contributed by atoms with Crippen molar-refractivity contribution in [3.05, 3.63) is 63.9 Å². The number of aliphatic hydroxyl groups excluding tert-OH is 1. The zero-order chi connectivity index (χ0) is 20.1. The summed E-state index contributed by atoms with van der Waals surface area (Å²) in [6.07, 6.45) is 1.80. The van der Waals surface area contributed by atoms with E-state index in [4.69, 9.17) is 12.2 Å². The number of aromatic amines is 1. The standard InChI is InChI=1S/C21H25N5OS/c1-4-25(11-12-27)19-10-9-18(16(3)13-19)14-22-26-20(23-24-21(26)28)17-7-5-15(2)6-8-17/h5-10,13-14,27H,4,11-12H2,1-3H3,(H,24,28)/b22-14-. The van der Waals surface area contributed by atoms with E-state index < -0.39 is 0 Å². The number of H-pyrrole nitrogens is 1. The molecule has 1 heterocycles. The number of aromatic nitrogens is 3. The Labute approximate surface area is 170 Å². The quantitative estimate of drug-likeness (QED) is 0.470. The first-order valence-electron chi connectivity index (χ1n) is 9.28. The summed E-state index contributed by atoms with van der Waals surface area (Å²) in [5.41, 5.74) is 5.33. The van der Waals surface area contributed by atoms with E-state index in [-0.39, 0.29) is 6.61 Å². The predicted molar refractivity (Wildman–Crippen MR) is 117 cm³/mol. The van der Waals surface area contributed by atoms with Crippen LogP contribution in [0.3, 0.4) is 0 Å². The minimum atomic E-state index is 0.136. The molecule has 0 spiro atoms. The van der Waals surface area contributed by atoms with Crippen molar-refractivity contribution in [3.63, 3.8) is 0 Å². The van der Waals surface area contributed by atoms with Crippen LogP contribution in [0.4, 0.5) is 5.69 Å². The van der Waals surface area contributed by atoms with E-state index in [9.17, 15) is 5.11 Å². The highest BCUT2D eigenvalue weighted by molar-refractivity contribution is 7.71. The van der Waals surface area contributed by atoms with Crippen molar-refractivity contribution < 1.29 is 5.11 Å². The SMILES string of the molecule is CCN(CCO)c1ccc(/C=N\n2c(-c3ccc(C)cc3)n[nH]c2=S)c(C)c1. The molecule has 0 amide bonds. The van der Waals surface area contributed by atoms with Crippen molar-refractivity contribution in [1.29, 1.82) is 0 Å². The van der Waals surface area contributed by atoms with E-state index in [1.54, 1.807) is 10.9 Å². The molecule has 0 saturated carbocycles. The maximum absolute atomic E-state index is 9.22. The van der Waals surface area contributed by atoms with Gasteiger partial charge in [-0.1, -0.05) is 35.9 Å². The number of benzene rings is 2. The lowest BCUT2D eigenvalue weighted by molar-refractivity contribution is 0.302. The Morgan fingerprint density at radius 2 is 1.96 bits per heavy atom. The van der Waals surface area contributed by atoms with E-state index in [0.29, 0.717) is 17.1 Å². The Kier molecular flexibility index (Phi) is 6.38. The highest BCUT2D eigenvalue weighted by Gasteiger charge is 2.09. The van der Waals surface area contributed by atoms with Gasteiger partial charge >= 0.3 is 0 Å². The Morgan fingerprint density at radius 3 is 2.61 bits per heavy atom. The molecule has 0 atom stereocenters. The summed E-state index contributed by atoms with van der Waals surface area (Å²) in [6.45, 7) is 7.77. The second-order valence-electron chi connectivity index (χ2n) is 6.62. The van der Waals surface area contributed by atoms with Crippen LogP contribution in [-0.2, 0) is 0 Å².